The van der Waals surface area contributed by atoms with Crippen molar-refractivity contribution in [2.24, 2.45) is 0 Å². The van der Waals surface area contributed by atoms with E-state index in [9.17, 15) is 9.59 Å². The molecular formula is C23H28N2O4. The Bertz CT molecular complexity index is 831. The predicted molar refractivity (Wildman–Crippen MR) is 112 cm³/mol. The summed E-state index contributed by atoms with van der Waals surface area (Å²) < 4.78 is 11.3. The number of benzene rings is 2. The molecule has 2 aromatic rings. The van der Waals surface area contributed by atoms with Gasteiger partial charge >= 0.3 is 0 Å². The molecule has 0 aliphatic carbocycles. The Morgan fingerprint density at radius 1 is 1.14 bits per heavy atom. The molecule has 6 heteroatoms. The summed E-state index contributed by atoms with van der Waals surface area (Å²) in [5.41, 5.74) is 2.04. The third kappa shape index (κ3) is 6.32. The molecule has 1 aliphatic heterocycles. The molecule has 1 saturated heterocycles. The smallest absolute Gasteiger partial charge is 0.253 e. The highest BCUT2D eigenvalue weighted by Gasteiger charge is 2.18. The van der Waals surface area contributed by atoms with Crippen molar-refractivity contribution >= 4 is 17.5 Å². The minimum absolute atomic E-state index is 0.0777. The lowest BCUT2D eigenvalue weighted by molar-refractivity contribution is -0.116. The quantitative estimate of drug-likeness (QED) is 0.634. The molecule has 2 aromatic carbocycles. The normalized spacial score (nSPS) is 15.7. The van der Waals surface area contributed by atoms with Crippen molar-refractivity contribution in [1.29, 1.82) is 0 Å². The lowest BCUT2D eigenvalue weighted by Gasteiger charge is -2.14. The lowest BCUT2D eigenvalue weighted by Crippen LogP contribution is -2.32. The molecule has 1 atom stereocenters. The number of para-hydroxylation sites is 2. The number of rotatable bonds is 9. The molecule has 3 rings (SSSR count). The van der Waals surface area contributed by atoms with Crippen LogP contribution in [0.5, 0.6) is 5.75 Å². The van der Waals surface area contributed by atoms with Crippen LogP contribution in [0.15, 0.2) is 48.5 Å². The molecule has 0 radical (unpaired) electrons. The van der Waals surface area contributed by atoms with Crippen LogP contribution in [0.3, 0.4) is 0 Å². The molecule has 1 heterocycles. The molecule has 0 aromatic heterocycles. The summed E-state index contributed by atoms with van der Waals surface area (Å²) in [6, 6.07) is 14.8. The molecule has 0 bridgehead atoms. The van der Waals surface area contributed by atoms with Gasteiger partial charge in [-0.1, -0.05) is 30.3 Å². The fourth-order valence-electron chi connectivity index (χ4n) is 3.24. The van der Waals surface area contributed by atoms with E-state index in [1.807, 2.05) is 31.2 Å². The van der Waals surface area contributed by atoms with Crippen molar-refractivity contribution in [3.63, 3.8) is 0 Å². The minimum Gasteiger partial charge on any atom is -0.493 e. The zero-order valence-corrected chi connectivity index (χ0v) is 16.8. The first-order chi connectivity index (χ1) is 14.1. The van der Waals surface area contributed by atoms with E-state index < -0.39 is 0 Å². The van der Waals surface area contributed by atoms with Gasteiger partial charge in [0.15, 0.2) is 0 Å². The van der Waals surface area contributed by atoms with Crippen LogP contribution in [-0.4, -0.2) is 37.7 Å². The Hall–Kier alpha value is -2.86. The summed E-state index contributed by atoms with van der Waals surface area (Å²) in [5.74, 6) is 0.484. The van der Waals surface area contributed by atoms with Crippen LogP contribution < -0.4 is 15.4 Å². The number of carbonyl (C=O) groups is 2. The highest BCUT2D eigenvalue weighted by molar-refractivity contribution is 6.03. The van der Waals surface area contributed by atoms with E-state index >= 15 is 0 Å². The summed E-state index contributed by atoms with van der Waals surface area (Å²) >= 11 is 0. The van der Waals surface area contributed by atoms with Gasteiger partial charge in [0.05, 0.1) is 24.0 Å². The van der Waals surface area contributed by atoms with Crippen LogP contribution in [0.25, 0.3) is 0 Å². The van der Waals surface area contributed by atoms with E-state index in [0.717, 1.165) is 30.8 Å². The third-order valence-electron chi connectivity index (χ3n) is 4.86. The number of ether oxygens (including phenoxy) is 2. The van der Waals surface area contributed by atoms with Crippen molar-refractivity contribution in [3.8, 4) is 5.75 Å². The summed E-state index contributed by atoms with van der Waals surface area (Å²) in [7, 11) is 0. The maximum absolute atomic E-state index is 12.5. The molecule has 2 N–H and O–H groups in total. The Morgan fingerprint density at radius 3 is 2.72 bits per heavy atom. The largest absolute Gasteiger partial charge is 0.493 e. The number of amides is 2. The standard InChI is InChI=1S/C23H28N2O4/c1-17-8-2-5-12-21(17)29-15-7-13-22(26)25-20-11-4-3-10-19(20)23(27)24-16-18-9-6-14-28-18/h2-5,8,10-12,18H,6-7,9,13-16H2,1H3,(H,24,27)(H,25,26). The molecule has 1 fully saturated rings. The molecule has 6 nitrogen and oxygen atoms in total. The minimum atomic E-state index is -0.209. The van der Waals surface area contributed by atoms with Gasteiger partial charge in [-0.05, 0) is 49.9 Å². The van der Waals surface area contributed by atoms with Crippen LogP contribution >= 0.6 is 0 Å². The third-order valence-corrected chi connectivity index (χ3v) is 4.86. The van der Waals surface area contributed by atoms with E-state index in [2.05, 4.69) is 10.6 Å². The van der Waals surface area contributed by atoms with Crippen LogP contribution in [0.4, 0.5) is 5.69 Å². The average molecular weight is 396 g/mol. The second-order valence-electron chi connectivity index (χ2n) is 7.16. The first kappa shape index (κ1) is 20.9. The summed E-state index contributed by atoms with van der Waals surface area (Å²) in [6.45, 7) is 3.68. The van der Waals surface area contributed by atoms with Gasteiger partial charge in [0.2, 0.25) is 5.91 Å². The van der Waals surface area contributed by atoms with Gasteiger partial charge < -0.3 is 20.1 Å². The lowest BCUT2D eigenvalue weighted by atomic mass is 10.1. The average Bonchev–Trinajstić information content (AvgIpc) is 3.25. The van der Waals surface area contributed by atoms with Gasteiger partial charge in [-0.3, -0.25) is 9.59 Å². The highest BCUT2D eigenvalue weighted by Crippen LogP contribution is 2.18. The Labute approximate surface area is 171 Å². The first-order valence-corrected chi connectivity index (χ1v) is 10.1. The number of hydrogen-bond donors (Lipinski definition) is 2. The van der Waals surface area contributed by atoms with Gasteiger partial charge in [0.1, 0.15) is 5.75 Å². The van der Waals surface area contributed by atoms with Crippen molar-refractivity contribution in [3.05, 3.63) is 59.7 Å². The maximum atomic E-state index is 12.5. The summed E-state index contributed by atoms with van der Waals surface area (Å²) in [5, 5.41) is 5.74. The Balaban J connectivity index is 1.46. The van der Waals surface area contributed by atoms with Crippen molar-refractivity contribution in [2.75, 3.05) is 25.1 Å². The number of anilines is 1. The second kappa shape index (κ2) is 10.6. The van der Waals surface area contributed by atoms with E-state index in [0.29, 0.717) is 37.2 Å². The predicted octanol–water partition coefficient (Wildman–Crippen LogP) is 3.70. The Kier molecular flexibility index (Phi) is 7.64. The number of hydrogen-bond acceptors (Lipinski definition) is 4. The molecule has 154 valence electrons. The van der Waals surface area contributed by atoms with E-state index in [1.165, 1.54) is 0 Å². The highest BCUT2D eigenvalue weighted by atomic mass is 16.5. The second-order valence-corrected chi connectivity index (χ2v) is 7.16. The number of aryl methyl sites for hydroxylation is 1. The number of nitrogens with one attached hydrogen (secondary N) is 2. The van der Waals surface area contributed by atoms with Gasteiger partial charge in [0, 0.05) is 19.6 Å². The summed E-state index contributed by atoms with van der Waals surface area (Å²) in [6.07, 6.45) is 2.98. The molecule has 29 heavy (non-hydrogen) atoms. The van der Waals surface area contributed by atoms with Crippen LogP contribution in [0, 0.1) is 6.92 Å². The molecule has 0 spiro atoms. The molecule has 1 aliphatic rings. The molecule has 0 saturated carbocycles. The van der Waals surface area contributed by atoms with E-state index in [-0.39, 0.29) is 17.9 Å². The zero-order chi connectivity index (χ0) is 20.5. The van der Waals surface area contributed by atoms with Crippen molar-refractivity contribution < 1.29 is 19.1 Å². The monoisotopic (exact) mass is 396 g/mol. The van der Waals surface area contributed by atoms with E-state index in [1.54, 1.807) is 24.3 Å². The SMILES string of the molecule is Cc1ccccc1OCCCC(=O)Nc1ccccc1C(=O)NCC1CCCO1. The molecule has 2 amide bonds. The Morgan fingerprint density at radius 2 is 1.93 bits per heavy atom. The molecule has 1 unspecified atom stereocenters. The summed E-state index contributed by atoms with van der Waals surface area (Å²) in [4.78, 5) is 24.8. The van der Waals surface area contributed by atoms with Gasteiger partial charge in [0.25, 0.3) is 5.91 Å². The first-order valence-electron chi connectivity index (χ1n) is 10.1. The van der Waals surface area contributed by atoms with Crippen LogP contribution in [0.2, 0.25) is 0 Å². The van der Waals surface area contributed by atoms with E-state index in [4.69, 9.17) is 9.47 Å². The van der Waals surface area contributed by atoms with Gasteiger partial charge in [-0.2, -0.15) is 0 Å². The molecular weight excluding hydrogens is 368 g/mol. The number of carbonyl (C=O) groups excluding carboxylic acids is 2. The topological polar surface area (TPSA) is 76.7 Å². The fraction of sp³-hybridized carbons (Fsp3) is 0.391. The fourth-order valence-corrected chi connectivity index (χ4v) is 3.24. The zero-order valence-electron chi connectivity index (χ0n) is 16.8. The van der Waals surface area contributed by atoms with Crippen LogP contribution in [0.1, 0.15) is 41.6 Å². The maximum Gasteiger partial charge on any atom is 0.253 e. The van der Waals surface area contributed by atoms with Gasteiger partial charge in [-0.15, -0.1) is 0 Å². The van der Waals surface area contributed by atoms with Crippen LogP contribution in [-0.2, 0) is 9.53 Å². The van der Waals surface area contributed by atoms with Gasteiger partial charge in [-0.25, -0.2) is 0 Å². The van der Waals surface area contributed by atoms with Crippen molar-refractivity contribution in [1.82, 2.24) is 5.32 Å². The van der Waals surface area contributed by atoms with Crippen molar-refractivity contribution in [2.45, 2.75) is 38.7 Å².